The molecule has 0 saturated heterocycles. The van der Waals surface area contributed by atoms with Gasteiger partial charge in [-0.1, -0.05) is 12.1 Å². The van der Waals surface area contributed by atoms with Crippen molar-refractivity contribution in [3.05, 3.63) is 39.9 Å². The monoisotopic (exact) mass is 344 g/mol. The molecule has 126 valence electrons. The molecular weight excluding hydrogens is 327 g/mol. The van der Waals surface area contributed by atoms with E-state index in [-0.39, 0.29) is 30.0 Å². The lowest BCUT2D eigenvalue weighted by atomic mass is 10.1. The van der Waals surface area contributed by atoms with Gasteiger partial charge in [0, 0.05) is 18.2 Å². The Labute approximate surface area is 133 Å². The Hall–Kier alpha value is -2.03. The minimum atomic E-state index is -4.50. The molecule has 0 spiro atoms. The van der Waals surface area contributed by atoms with Gasteiger partial charge in [0.1, 0.15) is 0 Å². The van der Waals surface area contributed by atoms with Gasteiger partial charge in [-0.15, -0.1) is 3.89 Å². The zero-order valence-electron chi connectivity index (χ0n) is 12.3. The second kappa shape index (κ2) is 7.03. The lowest BCUT2D eigenvalue weighted by molar-refractivity contribution is -0.384. The number of hydrogen-bond acceptors (Lipinski definition) is 5. The molecule has 1 N–H and O–H groups in total. The number of nitro benzene ring substituents is 1. The van der Waals surface area contributed by atoms with Crippen LogP contribution >= 0.6 is 0 Å². The largest absolute Gasteiger partial charge is 0.353 e. The number of non-ortho nitro benzene ring substituents is 1. The molecule has 0 heterocycles. The topological polar surface area (TPSA) is 106 Å². The lowest BCUT2D eigenvalue weighted by Crippen LogP contribution is -2.34. The summed E-state index contributed by atoms with van der Waals surface area (Å²) < 4.78 is 33.9. The summed E-state index contributed by atoms with van der Waals surface area (Å²) in [6.45, 7) is 0. The SMILES string of the molecule is O=C(Cc1cccc([N+](=O)[O-])c1)N[C@@H]1CC[C@H](CS(=O)(=O)F)C1. The van der Waals surface area contributed by atoms with Crippen LogP contribution in [0.3, 0.4) is 0 Å². The van der Waals surface area contributed by atoms with E-state index in [0.29, 0.717) is 24.8 Å². The number of nitrogens with zero attached hydrogens (tertiary/aromatic N) is 1. The van der Waals surface area contributed by atoms with E-state index in [1.807, 2.05) is 0 Å². The molecule has 1 amide bonds. The summed E-state index contributed by atoms with van der Waals surface area (Å²) in [4.78, 5) is 22.1. The van der Waals surface area contributed by atoms with E-state index in [2.05, 4.69) is 5.32 Å². The number of carbonyl (C=O) groups is 1. The maximum absolute atomic E-state index is 12.7. The maximum atomic E-state index is 12.7. The number of benzene rings is 1. The molecule has 0 bridgehead atoms. The van der Waals surface area contributed by atoms with Crippen LogP contribution in [0.1, 0.15) is 24.8 Å². The maximum Gasteiger partial charge on any atom is 0.302 e. The summed E-state index contributed by atoms with van der Waals surface area (Å²) in [6.07, 6.45) is 1.57. The Morgan fingerprint density at radius 1 is 1.39 bits per heavy atom. The van der Waals surface area contributed by atoms with Gasteiger partial charge in [0.25, 0.3) is 5.69 Å². The third-order valence-electron chi connectivity index (χ3n) is 3.83. The number of halogens is 1. The van der Waals surface area contributed by atoms with E-state index in [9.17, 15) is 27.2 Å². The Kier molecular flexibility index (Phi) is 5.30. The van der Waals surface area contributed by atoms with Crippen LogP contribution in [0.15, 0.2) is 24.3 Å². The highest BCUT2D eigenvalue weighted by Crippen LogP contribution is 2.27. The molecule has 9 heteroatoms. The molecule has 23 heavy (non-hydrogen) atoms. The molecule has 0 unspecified atom stereocenters. The van der Waals surface area contributed by atoms with Crippen molar-refractivity contribution in [2.24, 2.45) is 5.92 Å². The summed E-state index contributed by atoms with van der Waals surface area (Å²) in [6, 6.07) is 5.64. The summed E-state index contributed by atoms with van der Waals surface area (Å²) in [7, 11) is -4.50. The predicted molar refractivity (Wildman–Crippen MR) is 81.0 cm³/mol. The third-order valence-corrected chi connectivity index (χ3v) is 4.70. The first-order valence-electron chi connectivity index (χ1n) is 7.18. The Balaban J connectivity index is 1.86. The van der Waals surface area contributed by atoms with Crippen molar-refractivity contribution in [3.8, 4) is 0 Å². The first-order valence-corrected chi connectivity index (χ1v) is 8.73. The van der Waals surface area contributed by atoms with Gasteiger partial charge >= 0.3 is 10.2 Å². The van der Waals surface area contributed by atoms with Crippen molar-refractivity contribution < 1.29 is 22.0 Å². The van der Waals surface area contributed by atoms with Gasteiger partial charge in [0.15, 0.2) is 0 Å². The summed E-state index contributed by atoms with van der Waals surface area (Å²) >= 11 is 0. The number of amides is 1. The summed E-state index contributed by atoms with van der Waals surface area (Å²) in [5, 5.41) is 13.5. The first kappa shape index (κ1) is 17.3. The first-order chi connectivity index (χ1) is 10.7. The van der Waals surface area contributed by atoms with Crippen molar-refractivity contribution in [2.75, 3.05) is 5.75 Å². The van der Waals surface area contributed by atoms with Crippen molar-refractivity contribution in [1.29, 1.82) is 0 Å². The number of hydrogen-bond donors (Lipinski definition) is 1. The van der Waals surface area contributed by atoms with Gasteiger partial charge in [-0.05, 0) is 30.7 Å². The zero-order valence-corrected chi connectivity index (χ0v) is 13.1. The van der Waals surface area contributed by atoms with Gasteiger partial charge in [0.05, 0.1) is 17.1 Å². The van der Waals surface area contributed by atoms with Crippen LogP contribution in [-0.2, 0) is 21.4 Å². The third kappa shape index (κ3) is 5.59. The minimum absolute atomic E-state index is 0.00422. The van der Waals surface area contributed by atoms with Crippen molar-refractivity contribution in [3.63, 3.8) is 0 Å². The molecule has 1 aromatic rings. The van der Waals surface area contributed by atoms with E-state index in [4.69, 9.17) is 0 Å². The van der Waals surface area contributed by atoms with Gasteiger partial charge < -0.3 is 5.32 Å². The summed E-state index contributed by atoms with van der Waals surface area (Å²) in [5.41, 5.74) is 0.446. The van der Waals surface area contributed by atoms with Gasteiger partial charge in [0.2, 0.25) is 5.91 Å². The van der Waals surface area contributed by atoms with Crippen LogP contribution < -0.4 is 5.32 Å². The quantitative estimate of drug-likeness (QED) is 0.480. The van der Waals surface area contributed by atoms with Crippen molar-refractivity contribution >= 4 is 21.8 Å². The molecule has 1 aromatic carbocycles. The highest BCUT2D eigenvalue weighted by Gasteiger charge is 2.29. The minimum Gasteiger partial charge on any atom is -0.353 e. The van der Waals surface area contributed by atoms with E-state index in [1.165, 1.54) is 18.2 Å². The average Bonchev–Trinajstić information content (AvgIpc) is 2.83. The molecule has 1 aliphatic carbocycles. The lowest BCUT2D eigenvalue weighted by Gasteiger charge is -2.13. The van der Waals surface area contributed by atoms with Gasteiger partial charge in [-0.3, -0.25) is 14.9 Å². The van der Waals surface area contributed by atoms with Gasteiger partial charge in [-0.2, -0.15) is 8.42 Å². The number of nitrogens with one attached hydrogen (secondary N) is 1. The fraction of sp³-hybridized carbons (Fsp3) is 0.500. The molecule has 7 nitrogen and oxygen atoms in total. The molecule has 1 aliphatic rings. The number of carbonyl (C=O) groups excluding carboxylic acids is 1. The molecule has 2 rings (SSSR count). The van der Waals surface area contributed by atoms with Crippen molar-refractivity contribution in [1.82, 2.24) is 5.32 Å². The normalized spacial score (nSPS) is 21.1. The Morgan fingerprint density at radius 3 is 2.78 bits per heavy atom. The van der Waals surface area contributed by atoms with E-state index >= 15 is 0 Å². The van der Waals surface area contributed by atoms with Crippen molar-refractivity contribution in [2.45, 2.75) is 31.7 Å². The molecule has 0 radical (unpaired) electrons. The molecular formula is C14H17FN2O5S. The molecule has 0 aliphatic heterocycles. The highest BCUT2D eigenvalue weighted by atomic mass is 32.3. The average molecular weight is 344 g/mol. The van der Waals surface area contributed by atoms with Crippen LogP contribution in [0.5, 0.6) is 0 Å². The van der Waals surface area contributed by atoms with E-state index in [1.54, 1.807) is 6.07 Å². The Bertz CT molecular complexity index is 707. The molecule has 0 aromatic heterocycles. The Morgan fingerprint density at radius 2 is 2.13 bits per heavy atom. The van der Waals surface area contributed by atoms with Crippen LogP contribution in [0.2, 0.25) is 0 Å². The molecule has 2 atom stereocenters. The smallest absolute Gasteiger partial charge is 0.302 e. The highest BCUT2D eigenvalue weighted by molar-refractivity contribution is 7.86. The van der Waals surface area contributed by atoms with Gasteiger partial charge in [-0.25, -0.2) is 0 Å². The molecule has 1 saturated carbocycles. The van der Waals surface area contributed by atoms with Crippen LogP contribution in [0, 0.1) is 16.0 Å². The van der Waals surface area contributed by atoms with E-state index < -0.39 is 20.9 Å². The number of rotatable bonds is 6. The molecule has 1 fully saturated rings. The van der Waals surface area contributed by atoms with E-state index in [0.717, 1.165) is 0 Å². The fourth-order valence-electron chi connectivity index (χ4n) is 2.88. The second-order valence-corrected chi connectivity index (χ2v) is 7.16. The van der Waals surface area contributed by atoms with Crippen LogP contribution in [0.4, 0.5) is 9.57 Å². The summed E-state index contributed by atoms with van der Waals surface area (Å²) in [5.74, 6) is -1.09. The zero-order chi connectivity index (χ0) is 17.0. The van der Waals surface area contributed by atoms with Crippen LogP contribution in [0.25, 0.3) is 0 Å². The number of nitro groups is 1. The van der Waals surface area contributed by atoms with Crippen LogP contribution in [-0.4, -0.2) is 31.0 Å². The second-order valence-electron chi connectivity index (χ2n) is 5.75. The predicted octanol–water partition coefficient (Wildman–Crippen LogP) is 1.72. The fourth-order valence-corrected chi connectivity index (χ4v) is 3.75. The standard InChI is InChI=1S/C14H17FN2O5S/c15-23(21,22)9-11-4-5-12(6-11)16-14(18)8-10-2-1-3-13(7-10)17(19)20/h1-3,7,11-12H,4-6,8-9H2,(H,16,18)/t11-,12+/m0/s1.